The molecule has 4 rings (SSSR count). The van der Waals surface area contributed by atoms with Crippen molar-refractivity contribution >= 4 is 27.6 Å². The highest BCUT2D eigenvalue weighted by Crippen LogP contribution is 2.36. The van der Waals surface area contributed by atoms with Crippen LogP contribution in [0.3, 0.4) is 0 Å². The van der Waals surface area contributed by atoms with E-state index in [1.54, 1.807) is 41.2 Å². The lowest BCUT2D eigenvalue weighted by molar-refractivity contribution is 0.166. The van der Waals surface area contributed by atoms with Gasteiger partial charge in [-0.1, -0.05) is 0 Å². The van der Waals surface area contributed by atoms with Crippen LogP contribution < -0.4 is 5.56 Å². The van der Waals surface area contributed by atoms with Crippen LogP contribution in [0.1, 0.15) is 29.3 Å². The van der Waals surface area contributed by atoms with E-state index in [2.05, 4.69) is 4.98 Å². The van der Waals surface area contributed by atoms with Gasteiger partial charge in [-0.2, -0.15) is 0 Å². The fourth-order valence-electron chi connectivity index (χ4n) is 3.06. The van der Waals surface area contributed by atoms with Crippen LogP contribution in [0.25, 0.3) is 10.2 Å². The van der Waals surface area contributed by atoms with Crippen molar-refractivity contribution in [3.05, 3.63) is 27.1 Å². The molecule has 0 bridgehead atoms. The maximum Gasteiger partial charge on any atom is 0.319 e. The van der Waals surface area contributed by atoms with Crippen LogP contribution in [-0.2, 0) is 13.0 Å². The highest BCUT2D eigenvalue weighted by molar-refractivity contribution is 7.18. The average molecular weight is 318 g/mol. The largest absolute Gasteiger partial charge is 0.331 e. The van der Waals surface area contributed by atoms with Crippen molar-refractivity contribution in [1.29, 1.82) is 0 Å². The van der Waals surface area contributed by atoms with Gasteiger partial charge in [-0.3, -0.25) is 9.36 Å². The molecule has 1 fully saturated rings. The van der Waals surface area contributed by atoms with Crippen LogP contribution >= 0.6 is 11.3 Å². The molecule has 2 amide bonds. The Balaban J connectivity index is 1.77. The predicted octanol–water partition coefficient (Wildman–Crippen LogP) is 1.83. The van der Waals surface area contributed by atoms with Gasteiger partial charge >= 0.3 is 6.03 Å². The van der Waals surface area contributed by atoms with Gasteiger partial charge in [0.2, 0.25) is 0 Å². The molecule has 6 nitrogen and oxygen atoms in total. The summed E-state index contributed by atoms with van der Waals surface area (Å²) in [6, 6.07) is 0.363. The van der Waals surface area contributed by atoms with Gasteiger partial charge in [0.05, 0.1) is 18.3 Å². The lowest BCUT2D eigenvalue weighted by Crippen LogP contribution is -2.41. The second-order valence-electron chi connectivity index (χ2n) is 6.22. The smallest absolute Gasteiger partial charge is 0.319 e. The fourth-order valence-corrected chi connectivity index (χ4v) is 4.25. The fraction of sp³-hybridized carbons (Fsp3) is 0.533. The van der Waals surface area contributed by atoms with Crippen LogP contribution in [0, 0.1) is 0 Å². The molecule has 0 radical (unpaired) electrons. The summed E-state index contributed by atoms with van der Waals surface area (Å²) in [4.78, 5) is 34.6. The highest BCUT2D eigenvalue weighted by atomic mass is 32.1. The molecule has 2 aliphatic rings. The van der Waals surface area contributed by atoms with E-state index in [0.717, 1.165) is 39.9 Å². The van der Waals surface area contributed by atoms with Crippen LogP contribution in [0.4, 0.5) is 4.79 Å². The van der Waals surface area contributed by atoms with Crippen molar-refractivity contribution < 1.29 is 4.79 Å². The molecule has 2 aromatic rings. The zero-order chi connectivity index (χ0) is 15.4. The molecule has 0 aromatic carbocycles. The number of hydrogen-bond donors (Lipinski definition) is 0. The van der Waals surface area contributed by atoms with Gasteiger partial charge in [0, 0.05) is 31.6 Å². The number of aromatic nitrogens is 2. The molecule has 22 heavy (non-hydrogen) atoms. The van der Waals surface area contributed by atoms with Gasteiger partial charge < -0.3 is 9.80 Å². The third kappa shape index (κ3) is 2.03. The normalized spacial score (nSPS) is 17.6. The first-order chi connectivity index (χ1) is 10.6. The Morgan fingerprint density at radius 3 is 2.86 bits per heavy atom. The van der Waals surface area contributed by atoms with Gasteiger partial charge in [-0.25, -0.2) is 9.78 Å². The van der Waals surface area contributed by atoms with E-state index in [1.165, 1.54) is 0 Å². The number of carbonyl (C=O) groups excluding carboxylic acids is 1. The summed E-state index contributed by atoms with van der Waals surface area (Å²) in [5.74, 6) is 0. The van der Waals surface area contributed by atoms with E-state index in [4.69, 9.17) is 0 Å². The average Bonchev–Trinajstić information content (AvgIpc) is 3.26. The molecule has 0 saturated heterocycles. The van der Waals surface area contributed by atoms with Gasteiger partial charge in [0.1, 0.15) is 4.83 Å². The number of carbonyl (C=O) groups is 1. The molecule has 2 aromatic heterocycles. The van der Waals surface area contributed by atoms with Crippen LogP contribution in [0.15, 0.2) is 11.1 Å². The van der Waals surface area contributed by atoms with Gasteiger partial charge in [-0.05, 0) is 24.8 Å². The summed E-state index contributed by atoms with van der Waals surface area (Å²) < 4.78 is 1.78. The number of rotatable bonds is 1. The van der Waals surface area contributed by atoms with Crippen molar-refractivity contribution in [2.75, 3.05) is 20.6 Å². The zero-order valence-electron chi connectivity index (χ0n) is 12.7. The summed E-state index contributed by atoms with van der Waals surface area (Å²) >= 11 is 1.55. The standard InChI is InChI=1S/C15H18N4O2S/c1-17(2)15(21)18-6-5-10-11(7-18)22-13-12(10)14(20)19(8-16-13)9-3-4-9/h8-9H,3-7H2,1-2H3. The number of amides is 2. The number of thiophene rings is 1. The summed E-state index contributed by atoms with van der Waals surface area (Å²) in [6.45, 7) is 1.24. The summed E-state index contributed by atoms with van der Waals surface area (Å²) in [7, 11) is 3.53. The Morgan fingerprint density at radius 1 is 1.41 bits per heavy atom. The predicted molar refractivity (Wildman–Crippen MR) is 85.3 cm³/mol. The Kier molecular flexibility index (Phi) is 3.00. The number of nitrogens with zero attached hydrogens (tertiary/aromatic N) is 4. The Labute approximate surface area is 132 Å². The maximum absolute atomic E-state index is 12.7. The van der Waals surface area contributed by atoms with Crippen molar-refractivity contribution in [1.82, 2.24) is 19.4 Å². The first-order valence-electron chi connectivity index (χ1n) is 7.54. The van der Waals surface area contributed by atoms with Crippen LogP contribution in [-0.4, -0.2) is 46.0 Å². The van der Waals surface area contributed by atoms with E-state index in [1.807, 2.05) is 4.90 Å². The van der Waals surface area contributed by atoms with Gasteiger partial charge in [0.15, 0.2) is 0 Å². The Morgan fingerprint density at radius 2 is 2.18 bits per heavy atom. The SMILES string of the molecule is CN(C)C(=O)N1CCc2c(sc3ncn(C4CC4)c(=O)c23)C1. The minimum absolute atomic E-state index is 0.0199. The first kappa shape index (κ1) is 13.8. The topological polar surface area (TPSA) is 58.4 Å². The second kappa shape index (κ2) is 4.81. The quantitative estimate of drug-likeness (QED) is 0.806. The maximum atomic E-state index is 12.7. The van der Waals surface area contributed by atoms with Crippen molar-refractivity contribution in [3.8, 4) is 0 Å². The Hall–Kier alpha value is -1.89. The molecule has 1 saturated carbocycles. The number of hydrogen-bond acceptors (Lipinski definition) is 4. The van der Waals surface area contributed by atoms with Crippen LogP contribution in [0.2, 0.25) is 0 Å². The first-order valence-corrected chi connectivity index (χ1v) is 8.35. The van der Waals surface area contributed by atoms with E-state index >= 15 is 0 Å². The van der Waals surface area contributed by atoms with Gasteiger partial charge in [0.25, 0.3) is 5.56 Å². The minimum atomic E-state index is 0.0199. The monoisotopic (exact) mass is 318 g/mol. The van der Waals surface area contributed by atoms with Crippen molar-refractivity contribution in [3.63, 3.8) is 0 Å². The molecule has 0 N–H and O–H groups in total. The molecule has 1 aliphatic carbocycles. The molecule has 0 atom stereocenters. The molecular formula is C15H18N4O2S. The third-order valence-corrected chi connectivity index (χ3v) is 5.50. The third-order valence-electron chi connectivity index (χ3n) is 4.38. The van der Waals surface area contributed by atoms with Crippen LogP contribution in [0.5, 0.6) is 0 Å². The second-order valence-corrected chi connectivity index (χ2v) is 7.30. The van der Waals surface area contributed by atoms with E-state index in [9.17, 15) is 9.59 Å². The van der Waals surface area contributed by atoms with E-state index < -0.39 is 0 Å². The molecule has 3 heterocycles. The van der Waals surface area contributed by atoms with Crippen molar-refractivity contribution in [2.24, 2.45) is 0 Å². The van der Waals surface area contributed by atoms with E-state index in [-0.39, 0.29) is 11.6 Å². The molecular weight excluding hydrogens is 300 g/mol. The highest BCUT2D eigenvalue weighted by Gasteiger charge is 2.29. The molecule has 7 heteroatoms. The molecule has 0 spiro atoms. The number of fused-ring (bicyclic) bond motifs is 3. The zero-order valence-corrected chi connectivity index (χ0v) is 13.5. The summed E-state index contributed by atoms with van der Waals surface area (Å²) in [5, 5.41) is 0.784. The lowest BCUT2D eigenvalue weighted by Gasteiger charge is -2.29. The molecule has 116 valence electrons. The molecule has 0 unspecified atom stereocenters. The minimum Gasteiger partial charge on any atom is -0.331 e. The van der Waals surface area contributed by atoms with Crippen molar-refractivity contribution in [2.45, 2.75) is 31.8 Å². The number of urea groups is 1. The van der Waals surface area contributed by atoms with Gasteiger partial charge in [-0.15, -0.1) is 11.3 Å². The Bertz CT molecular complexity index is 819. The summed E-state index contributed by atoms with van der Waals surface area (Å²) in [6.07, 6.45) is 4.57. The lowest BCUT2D eigenvalue weighted by atomic mass is 10.1. The van der Waals surface area contributed by atoms with E-state index in [0.29, 0.717) is 19.1 Å². The summed E-state index contributed by atoms with van der Waals surface area (Å²) in [5.41, 5.74) is 1.20. The molecule has 1 aliphatic heterocycles.